The SMILES string of the molecule is O=c1c2cc(-c3ccc(Cl)cc3)nn2ccn1Cc1cccc(F)c1. The van der Waals surface area contributed by atoms with Crippen molar-refractivity contribution in [3.63, 3.8) is 0 Å². The molecule has 2 aromatic carbocycles. The standard InChI is InChI=1S/C19H13ClFN3O/c20-15-6-4-14(5-7-15)17-11-18-19(25)23(8-9-24(18)22-17)12-13-2-1-3-16(21)10-13/h1-11H,12H2. The van der Waals surface area contributed by atoms with Crippen LogP contribution in [-0.2, 0) is 6.54 Å². The maximum Gasteiger partial charge on any atom is 0.276 e. The van der Waals surface area contributed by atoms with Gasteiger partial charge in [-0.3, -0.25) is 4.79 Å². The van der Waals surface area contributed by atoms with Gasteiger partial charge in [0.1, 0.15) is 11.3 Å². The lowest BCUT2D eigenvalue weighted by Crippen LogP contribution is -2.21. The largest absolute Gasteiger partial charge is 0.308 e. The zero-order chi connectivity index (χ0) is 17.4. The molecule has 4 aromatic rings. The fraction of sp³-hybridized carbons (Fsp3) is 0.0526. The van der Waals surface area contributed by atoms with Gasteiger partial charge in [-0.1, -0.05) is 35.9 Å². The number of nitrogens with zero attached hydrogens (tertiary/aromatic N) is 3. The first-order valence-corrected chi connectivity index (χ1v) is 8.07. The highest BCUT2D eigenvalue weighted by Gasteiger charge is 2.09. The second-order valence-corrected chi connectivity index (χ2v) is 6.16. The summed E-state index contributed by atoms with van der Waals surface area (Å²) in [6, 6.07) is 15.2. The van der Waals surface area contributed by atoms with E-state index in [1.54, 1.807) is 47.2 Å². The van der Waals surface area contributed by atoms with Crippen LogP contribution in [0, 0.1) is 5.82 Å². The summed E-state index contributed by atoms with van der Waals surface area (Å²) < 4.78 is 16.4. The van der Waals surface area contributed by atoms with Crippen molar-refractivity contribution in [3.05, 3.63) is 93.7 Å². The Labute approximate surface area is 147 Å². The maximum atomic E-state index is 13.3. The van der Waals surface area contributed by atoms with E-state index < -0.39 is 0 Å². The molecular formula is C19H13ClFN3O. The monoisotopic (exact) mass is 353 g/mol. The molecule has 0 N–H and O–H groups in total. The first-order valence-electron chi connectivity index (χ1n) is 7.69. The van der Waals surface area contributed by atoms with E-state index in [1.807, 2.05) is 12.1 Å². The smallest absolute Gasteiger partial charge is 0.276 e. The van der Waals surface area contributed by atoms with Crippen LogP contribution in [0.5, 0.6) is 0 Å². The summed E-state index contributed by atoms with van der Waals surface area (Å²) in [5, 5.41) is 5.08. The highest BCUT2D eigenvalue weighted by Crippen LogP contribution is 2.20. The number of fused-ring (bicyclic) bond motifs is 1. The van der Waals surface area contributed by atoms with Crippen LogP contribution in [0.15, 0.2) is 71.8 Å². The molecule has 0 atom stereocenters. The van der Waals surface area contributed by atoms with Crippen LogP contribution in [-0.4, -0.2) is 14.2 Å². The van der Waals surface area contributed by atoms with Gasteiger partial charge < -0.3 is 4.57 Å². The van der Waals surface area contributed by atoms with E-state index in [0.717, 1.165) is 11.1 Å². The molecule has 2 aromatic heterocycles. The fourth-order valence-corrected chi connectivity index (χ4v) is 2.87. The molecule has 0 aliphatic rings. The van der Waals surface area contributed by atoms with E-state index in [0.29, 0.717) is 22.8 Å². The van der Waals surface area contributed by atoms with Crippen LogP contribution in [0.25, 0.3) is 16.8 Å². The molecular weight excluding hydrogens is 341 g/mol. The highest BCUT2D eigenvalue weighted by atomic mass is 35.5. The normalized spacial score (nSPS) is 11.1. The number of hydrogen-bond acceptors (Lipinski definition) is 2. The van der Waals surface area contributed by atoms with Crippen molar-refractivity contribution in [2.24, 2.45) is 0 Å². The van der Waals surface area contributed by atoms with Gasteiger partial charge in [-0.15, -0.1) is 0 Å². The summed E-state index contributed by atoms with van der Waals surface area (Å²) in [5.74, 6) is -0.319. The second-order valence-electron chi connectivity index (χ2n) is 5.73. The van der Waals surface area contributed by atoms with Gasteiger partial charge in [0.15, 0.2) is 0 Å². The van der Waals surface area contributed by atoms with E-state index in [9.17, 15) is 9.18 Å². The molecule has 0 saturated carbocycles. The van der Waals surface area contributed by atoms with Crippen LogP contribution in [0.4, 0.5) is 4.39 Å². The van der Waals surface area contributed by atoms with Gasteiger partial charge in [-0.05, 0) is 35.9 Å². The number of benzene rings is 2. The Morgan fingerprint density at radius 2 is 1.84 bits per heavy atom. The molecule has 0 unspecified atom stereocenters. The minimum atomic E-state index is -0.319. The van der Waals surface area contributed by atoms with Crippen LogP contribution in [0.3, 0.4) is 0 Å². The van der Waals surface area contributed by atoms with Crippen molar-refractivity contribution in [2.45, 2.75) is 6.54 Å². The lowest BCUT2D eigenvalue weighted by molar-refractivity contribution is 0.622. The number of aromatic nitrogens is 3. The van der Waals surface area contributed by atoms with Gasteiger partial charge in [-0.25, -0.2) is 8.91 Å². The maximum absolute atomic E-state index is 13.3. The van der Waals surface area contributed by atoms with Crippen molar-refractivity contribution in [2.75, 3.05) is 0 Å². The minimum Gasteiger partial charge on any atom is -0.308 e. The van der Waals surface area contributed by atoms with Crippen LogP contribution >= 0.6 is 11.6 Å². The zero-order valence-corrected chi connectivity index (χ0v) is 13.8. The van der Waals surface area contributed by atoms with Crippen LogP contribution in [0.1, 0.15) is 5.56 Å². The average Bonchev–Trinajstić information content (AvgIpc) is 3.03. The number of halogens is 2. The molecule has 0 amide bonds. The molecule has 4 nitrogen and oxygen atoms in total. The van der Waals surface area contributed by atoms with Crippen molar-refractivity contribution in [1.82, 2.24) is 14.2 Å². The van der Waals surface area contributed by atoms with Gasteiger partial charge >= 0.3 is 0 Å². The van der Waals surface area contributed by atoms with Gasteiger partial charge in [0.25, 0.3) is 5.56 Å². The predicted octanol–water partition coefficient (Wildman–Crippen LogP) is 4.00. The van der Waals surface area contributed by atoms with E-state index in [1.165, 1.54) is 16.7 Å². The molecule has 0 saturated heterocycles. The first kappa shape index (κ1) is 15.6. The number of rotatable bonds is 3. The quantitative estimate of drug-likeness (QED) is 0.558. The van der Waals surface area contributed by atoms with Crippen molar-refractivity contribution in [1.29, 1.82) is 0 Å². The summed E-state index contributed by atoms with van der Waals surface area (Å²) in [7, 11) is 0. The van der Waals surface area contributed by atoms with Crippen molar-refractivity contribution in [3.8, 4) is 11.3 Å². The molecule has 0 radical (unpaired) electrons. The summed E-state index contributed by atoms with van der Waals surface area (Å²) in [5.41, 5.74) is 2.58. The Balaban J connectivity index is 1.75. The van der Waals surface area contributed by atoms with E-state index in [4.69, 9.17) is 11.6 Å². The van der Waals surface area contributed by atoms with Crippen molar-refractivity contribution < 1.29 is 4.39 Å². The number of hydrogen-bond donors (Lipinski definition) is 0. The van der Waals surface area contributed by atoms with Gasteiger partial charge in [0.2, 0.25) is 0 Å². The van der Waals surface area contributed by atoms with Crippen LogP contribution in [0.2, 0.25) is 5.02 Å². The Bertz CT molecular complexity index is 1120. The molecule has 25 heavy (non-hydrogen) atoms. The second kappa shape index (κ2) is 6.18. The highest BCUT2D eigenvalue weighted by molar-refractivity contribution is 6.30. The van der Waals surface area contributed by atoms with E-state index >= 15 is 0 Å². The van der Waals surface area contributed by atoms with Crippen molar-refractivity contribution >= 4 is 17.1 Å². The minimum absolute atomic E-state index is 0.181. The summed E-state index contributed by atoms with van der Waals surface area (Å²) in [4.78, 5) is 12.7. The Morgan fingerprint density at radius 3 is 2.60 bits per heavy atom. The van der Waals surface area contributed by atoms with Crippen LogP contribution < -0.4 is 5.56 Å². The molecule has 0 spiro atoms. The van der Waals surface area contributed by atoms with Gasteiger partial charge in [0, 0.05) is 23.0 Å². The summed E-state index contributed by atoms with van der Waals surface area (Å²) in [6.45, 7) is 0.300. The molecule has 0 fully saturated rings. The molecule has 6 heteroatoms. The Kier molecular flexibility index (Phi) is 3.86. The average molecular weight is 354 g/mol. The van der Waals surface area contributed by atoms with Gasteiger partial charge in [0.05, 0.1) is 12.2 Å². The third kappa shape index (κ3) is 3.06. The zero-order valence-electron chi connectivity index (χ0n) is 13.1. The fourth-order valence-electron chi connectivity index (χ4n) is 2.74. The lowest BCUT2D eigenvalue weighted by atomic mass is 10.1. The summed E-state index contributed by atoms with van der Waals surface area (Å²) >= 11 is 5.91. The predicted molar refractivity (Wildman–Crippen MR) is 95.4 cm³/mol. The summed E-state index contributed by atoms with van der Waals surface area (Å²) in [6.07, 6.45) is 3.37. The molecule has 0 aliphatic carbocycles. The molecule has 4 rings (SSSR count). The Morgan fingerprint density at radius 1 is 1.04 bits per heavy atom. The molecule has 2 heterocycles. The third-order valence-corrected chi connectivity index (χ3v) is 4.24. The first-order chi connectivity index (χ1) is 12.1. The molecule has 124 valence electrons. The lowest BCUT2D eigenvalue weighted by Gasteiger charge is -2.06. The third-order valence-electron chi connectivity index (χ3n) is 3.99. The topological polar surface area (TPSA) is 39.3 Å². The Hall–Kier alpha value is -2.92. The van der Waals surface area contributed by atoms with E-state index in [2.05, 4.69) is 5.10 Å². The van der Waals surface area contributed by atoms with E-state index in [-0.39, 0.29) is 11.4 Å². The molecule has 0 bridgehead atoms. The van der Waals surface area contributed by atoms with Gasteiger partial charge in [-0.2, -0.15) is 5.10 Å². The molecule has 0 aliphatic heterocycles.